The first-order chi connectivity index (χ1) is 10.3. The van der Waals surface area contributed by atoms with E-state index in [0.717, 1.165) is 22.0 Å². The molecule has 0 radical (unpaired) electrons. The molecule has 1 heterocycles. The number of fused-ring (bicyclic) bond motifs is 1. The number of rotatable bonds is 4. The van der Waals surface area contributed by atoms with Crippen LogP contribution in [0.1, 0.15) is 23.5 Å². The first-order valence-corrected chi connectivity index (χ1v) is 6.96. The molecule has 1 atom stereocenters. The van der Waals surface area contributed by atoms with Crippen molar-refractivity contribution in [3.8, 4) is 0 Å². The maximum atomic E-state index is 11.9. The third kappa shape index (κ3) is 2.79. The van der Waals surface area contributed by atoms with Gasteiger partial charge in [0.1, 0.15) is 0 Å². The third-order valence-corrected chi connectivity index (χ3v) is 3.74. The molecule has 0 saturated heterocycles. The zero-order valence-electron chi connectivity index (χ0n) is 11.8. The average Bonchev–Trinajstić information content (AvgIpc) is 3.00. The van der Waals surface area contributed by atoms with Crippen LogP contribution in [0, 0.1) is 0 Å². The lowest BCUT2D eigenvalue weighted by Crippen LogP contribution is -2.21. The molecule has 0 aliphatic carbocycles. The number of hydrogen-bond acceptors (Lipinski definition) is 2. The van der Waals surface area contributed by atoms with Gasteiger partial charge in [-0.05, 0) is 23.3 Å². The summed E-state index contributed by atoms with van der Waals surface area (Å²) in [6.07, 6.45) is 2.24. The first-order valence-electron chi connectivity index (χ1n) is 6.96. The smallest absolute Gasteiger partial charge is 0.220 e. The molecule has 0 saturated carbocycles. The van der Waals surface area contributed by atoms with E-state index in [2.05, 4.69) is 39.8 Å². The number of nitrogens with one attached hydrogen (secondary N) is 2. The van der Waals surface area contributed by atoms with E-state index in [9.17, 15) is 4.79 Å². The molecule has 0 fully saturated rings. The molecule has 3 aromatic rings. The zero-order chi connectivity index (χ0) is 14.7. The second-order valence-corrected chi connectivity index (χ2v) is 5.06. The van der Waals surface area contributed by atoms with E-state index in [4.69, 9.17) is 0 Å². The Morgan fingerprint density at radius 2 is 2.00 bits per heavy atom. The lowest BCUT2D eigenvalue weighted by atomic mass is 9.88. The Morgan fingerprint density at radius 1 is 1.19 bits per heavy atom. The molecule has 4 heteroatoms. The lowest BCUT2D eigenvalue weighted by Gasteiger charge is -2.17. The molecule has 106 valence electrons. The second-order valence-electron chi connectivity index (χ2n) is 5.06. The molecule has 2 N–H and O–H groups in total. The van der Waals surface area contributed by atoms with Gasteiger partial charge < -0.3 is 5.32 Å². The predicted molar refractivity (Wildman–Crippen MR) is 83.1 cm³/mol. The molecule has 1 unspecified atom stereocenters. The summed E-state index contributed by atoms with van der Waals surface area (Å²) in [5.74, 6) is 0.0848. The quantitative estimate of drug-likeness (QED) is 0.771. The number of hydrogen-bond donors (Lipinski definition) is 2. The van der Waals surface area contributed by atoms with Crippen LogP contribution in [0.25, 0.3) is 10.9 Å². The molecule has 3 rings (SSSR count). The van der Waals surface area contributed by atoms with Gasteiger partial charge >= 0.3 is 0 Å². The van der Waals surface area contributed by atoms with Gasteiger partial charge in [-0.15, -0.1) is 0 Å². The number of carbonyl (C=O) groups is 1. The van der Waals surface area contributed by atoms with Crippen LogP contribution < -0.4 is 5.32 Å². The standard InChI is InChI=1S/C17H17N3O/c1-18-17(21)10-15(12-5-3-2-4-6-12)13-7-8-16-14(9-13)11-19-20-16/h2-9,11,15H,10H2,1H3,(H,18,21)(H,19,20). The Balaban J connectivity index is 2.03. The Labute approximate surface area is 123 Å². The first kappa shape index (κ1) is 13.4. The van der Waals surface area contributed by atoms with Gasteiger partial charge in [-0.2, -0.15) is 5.10 Å². The minimum absolute atomic E-state index is 0.0381. The van der Waals surface area contributed by atoms with Crippen LogP contribution in [0.5, 0.6) is 0 Å². The molecule has 2 aromatic carbocycles. The summed E-state index contributed by atoms with van der Waals surface area (Å²) in [4.78, 5) is 11.9. The van der Waals surface area contributed by atoms with E-state index in [-0.39, 0.29) is 11.8 Å². The highest BCUT2D eigenvalue weighted by Gasteiger charge is 2.18. The Hall–Kier alpha value is -2.62. The van der Waals surface area contributed by atoms with Crippen LogP contribution in [0.2, 0.25) is 0 Å². The second kappa shape index (κ2) is 5.79. The number of H-pyrrole nitrogens is 1. The van der Waals surface area contributed by atoms with E-state index in [1.54, 1.807) is 13.2 Å². The van der Waals surface area contributed by atoms with E-state index in [0.29, 0.717) is 6.42 Å². The maximum absolute atomic E-state index is 11.9. The van der Waals surface area contributed by atoms with Crippen molar-refractivity contribution in [3.05, 3.63) is 65.9 Å². The van der Waals surface area contributed by atoms with Gasteiger partial charge in [0.25, 0.3) is 0 Å². The van der Waals surface area contributed by atoms with Crippen molar-refractivity contribution in [2.24, 2.45) is 0 Å². The number of benzene rings is 2. The fourth-order valence-electron chi connectivity index (χ4n) is 2.58. The van der Waals surface area contributed by atoms with E-state index in [1.165, 1.54) is 0 Å². The van der Waals surface area contributed by atoms with Crippen molar-refractivity contribution in [2.45, 2.75) is 12.3 Å². The molecule has 0 spiro atoms. The predicted octanol–water partition coefficient (Wildman–Crippen LogP) is 2.83. The minimum Gasteiger partial charge on any atom is -0.359 e. The van der Waals surface area contributed by atoms with Crippen molar-refractivity contribution in [2.75, 3.05) is 7.05 Å². The van der Waals surface area contributed by atoms with Crippen molar-refractivity contribution in [1.82, 2.24) is 15.5 Å². The summed E-state index contributed by atoms with van der Waals surface area (Å²) < 4.78 is 0. The summed E-state index contributed by atoms with van der Waals surface area (Å²) >= 11 is 0. The summed E-state index contributed by atoms with van der Waals surface area (Å²) in [6, 6.07) is 16.3. The van der Waals surface area contributed by atoms with Gasteiger partial charge in [-0.3, -0.25) is 9.89 Å². The van der Waals surface area contributed by atoms with Crippen LogP contribution in [-0.2, 0) is 4.79 Å². The minimum atomic E-state index is 0.0381. The summed E-state index contributed by atoms with van der Waals surface area (Å²) in [5.41, 5.74) is 3.27. The topological polar surface area (TPSA) is 57.8 Å². The molecule has 0 bridgehead atoms. The Bertz CT molecular complexity index is 749. The van der Waals surface area contributed by atoms with Crippen molar-refractivity contribution in [1.29, 1.82) is 0 Å². The molecular weight excluding hydrogens is 262 g/mol. The fourth-order valence-corrected chi connectivity index (χ4v) is 2.58. The fraction of sp³-hybridized carbons (Fsp3) is 0.176. The van der Waals surface area contributed by atoms with Gasteiger partial charge in [-0.1, -0.05) is 36.4 Å². The summed E-state index contributed by atoms with van der Waals surface area (Å²) in [5, 5.41) is 10.8. The molecule has 21 heavy (non-hydrogen) atoms. The van der Waals surface area contributed by atoms with Crippen molar-refractivity contribution in [3.63, 3.8) is 0 Å². The number of aromatic nitrogens is 2. The molecule has 0 aliphatic rings. The monoisotopic (exact) mass is 279 g/mol. The number of amides is 1. The summed E-state index contributed by atoms with van der Waals surface area (Å²) in [7, 11) is 1.67. The average molecular weight is 279 g/mol. The Kier molecular flexibility index (Phi) is 3.69. The maximum Gasteiger partial charge on any atom is 0.220 e. The molecule has 1 aromatic heterocycles. The van der Waals surface area contributed by atoms with Crippen LogP contribution in [0.3, 0.4) is 0 Å². The normalized spacial score (nSPS) is 12.2. The highest BCUT2D eigenvalue weighted by molar-refractivity contribution is 5.80. The molecular formula is C17H17N3O. The van der Waals surface area contributed by atoms with E-state index < -0.39 is 0 Å². The molecule has 4 nitrogen and oxygen atoms in total. The molecule has 1 amide bonds. The highest BCUT2D eigenvalue weighted by Crippen LogP contribution is 2.29. The van der Waals surface area contributed by atoms with Gasteiger partial charge in [0.2, 0.25) is 5.91 Å². The lowest BCUT2D eigenvalue weighted by molar-refractivity contribution is -0.120. The summed E-state index contributed by atoms with van der Waals surface area (Å²) in [6.45, 7) is 0. The van der Waals surface area contributed by atoms with Crippen molar-refractivity contribution < 1.29 is 4.79 Å². The molecule has 0 aliphatic heterocycles. The largest absolute Gasteiger partial charge is 0.359 e. The number of aromatic amines is 1. The van der Waals surface area contributed by atoms with Gasteiger partial charge in [0, 0.05) is 24.8 Å². The third-order valence-electron chi connectivity index (χ3n) is 3.74. The van der Waals surface area contributed by atoms with Crippen molar-refractivity contribution >= 4 is 16.8 Å². The van der Waals surface area contributed by atoms with Crippen LogP contribution in [0.15, 0.2) is 54.7 Å². The van der Waals surface area contributed by atoms with Crippen LogP contribution in [0.4, 0.5) is 0 Å². The zero-order valence-corrected chi connectivity index (χ0v) is 11.8. The number of nitrogens with zero attached hydrogens (tertiary/aromatic N) is 1. The van der Waals surface area contributed by atoms with Gasteiger partial charge in [0.05, 0.1) is 11.7 Å². The van der Waals surface area contributed by atoms with Crippen LogP contribution >= 0.6 is 0 Å². The SMILES string of the molecule is CNC(=O)CC(c1ccccc1)c1ccc2[nH]ncc2c1. The van der Waals surface area contributed by atoms with Crippen LogP contribution in [-0.4, -0.2) is 23.2 Å². The van der Waals surface area contributed by atoms with E-state index in [1.807, 2.05) is 24.3 Å². The van der Waals surface area contributed by atoms with E-state index >= 15 is 0 Å². The van der Waals surface area contributed by atoms with Gasteiger partial charge in [0.15, 0.2) is 0 Å². The Morgan fingerprint density at radius 3 is 2.76 bits per heavy atom. The van der Waals surface area contributed by atoms with Gasteiger partial charge in [-0.25, -0.2) is 0 Å². The number of carbonyl (C=O) groups excluding carboxylic acids is 1. The highest BCUT2D eigenvalue weighted by atomic mass is 16.1.